The summed E-state index contributed by atoms with van der Waals surface area (Å²) in [6, 6.07) is 13.5. The molecular weight excluding hydrogens is 371 g/mol. The van der Waals surface area contributed by atoms with E-state index in [4.69, 9.17) is 5.73 Å². The summed E-state index contributed by atoms with van der Waals surface area (Å²) in [6.45, 7) is 2.65. The summed E-state index contributed by atoms with van der Waals surface area (Å²) < 4.78 is 0. The molecule has 0 bridgehead atoms. The van der Waals surface area contributed by atoms with Gasteiger partial charge in [0.05, 0.1) is 0 Å². The van der Waals surface area contributed by atoms with Crippen LogP contribution in [0.4, 0.5) is 5.82 Å². The van der Waals surface area contributed by atoms with Crippen molar-refractivity contribution in [3.05, 3.63) is 59.8 Å². The van der Waals surface area contributed by atoms with E-state index in [9.17, 15) is 4.79 Å². The van der Waals surface area contributed by atoms with Gasteiger partial charge in [0.2, 0.25) is 5.91 Å². The largest absolute Gasteiger partial charge is 0.357 e. The van der Waals surface area contributed by atoms with E-state index in [1.54, 1.807) is 0 Å². The number of nitrogens with two attached hydrogens (primary N) is 1. The number of hydrogen-bond donors (Lipinski definition) is 2. The van der Waals surface area contributed by atoms with Crippen molar-refractivity contribution < 1.29 is 4.79 Å². The van der Waals surface area contributed by atoms with Gasteiger partial charge in [-0.15, -0.1) is 24.8 Å². The monoisotopic (exact) mass is 396 g/mol. The fourth-order valence-corrected chi connectivity index (χ4v) is 2.95. The minimum absolute atomic E-state index is 0. The molecule has 26 heavy (non-hydrogen) atoms. The van der Waals surface area contributed by atoms with Gasteiger partial charge in [0.25, 0.3) is 0 Å². The van der Waals surface area contributed by atoms with E-state index in [1.807, 2.05) is 48.7 Å². The third-order valence-electron chi connectivity index (χ3n) is 4.36. The molecule has 3 rings (SSSR count). The van der Waals surface area contributed by atoms with Crippen molar-refractivity contribution in [1.82, 2.24) is 10.3 Å². The predicted octanol–water partition coefficient (Wildman–Crippen LogP) is 3.23. The molecule has 2 aromatic rings. The van der Waals surface area contributed by atoms with Crippen molar-refractivity contribution in [1.29, 1.82) is 0 Å². The van der Waals surface area contributed by atoms with E-state index in [0.717, 1.165) is 30.0 Å². The first kappa shape index (κ1) is 22.2. The van der Waals surface area contributed by atoms with Crippen LogP contribution in [0.1, 0.15) is 36.4 Å². The average molecular weight is 397 g/mol. The highest BCUT2D eigenvalue weighted by atomic mass is 35.5. The standard InChI is InChI=1S/C19H24N4O.2ClH/c20-17(16-6-2-1-3-7-16)12-19(24)22-14-15-8-9-18(21-13-15)23-10-4-5-11-23;;/h1-3,6-9,13,17H,4-5,10-12,14,20H2,(H,22,24);2*1H. The Morgan fingerprint density at radius 1 is 1.12 bits per heavy atom. The number of aromatic nitrogens is 1. The zero-order chi connectivity index (χ0) is 16.8. The van der Waals surface area contributed by atoms with Crippen LogP contribution >= 0.6 is 24.8 Å². The summed E-state index contributed by atoms with van der Waals surface area (Å²) in [5.41, 5.74) is 8.05. The highest BCUT2D eigenvalue weighted by Gasteiger charge is 2.14. The van der Waals surface area contributed by atoms with Crippen LogP contribution in [0.15, 0.2) is 48.7 Å². The molecule has 0 radical (unpaired) electrons. The van der Waals surface area contributed by atoms with Crippen LogP contribution in [-0.4, -0.2) is 24.0 Å². The molecule has 5 nitrogen and oxygen atoms in total. The Kier molecular flexibility index (Phi) is 9.41. The van der Waals surface area contributed by atoms with E-state index < -0.39 is 0 Å². The highest BCUT2D eigenvalue weighted by molar-refractivity contribution is 5.85. The number of benzene rings is 1. The molecule has 142 valence electrons. The van der Waals surface area contributed by atoms with Gasteiger partial charge in [0.1, 0.15) is 5.82 Å². The number of nitrogens with zero attached hydrogens (tertiary/aromatic N) is 2. The summed E-state index contributed by atoms with van der Waals surface area (Å²) in [6.07, 6.45) is 4.59. The molecule has 1 amide bonds. The number of pyridine rings is 1. The summed E-state index contributed by atoms with van der Waals surface area (Å²) in [4.78, 5) is 18.8. The molecule has 1 unspecified atom stereocenters. The van der Waals surface area contributed by atoms with E-state index >= 15 is 0 Å². The molecule has 1 atom stereocenters. The van der Waals surface area contributed by atoms with Gasteiger partial charge in [-0.3, -0.25) is 4.79 Å². The number of rotatable bonds is 6. The third-order valence-corrected chi connectivity index (χ3v) is 4.36. The SMILES string of the molecule is Cl.Cl.NC(CC(=O)NCc1ccc(N2CCCC2)nc1)c1ccccc1. The van der Waals surface area contributed by atoms with Crippen LogP contribution in [0.5, 0.6) is 0 Å². The maximum atomic E-state index is 12.1. The zero-order valence-electron chi connectivity index (χ0n) is 14.6. The molecule has 1 aliphatic heterocycles. The van der Waals surface area contributed by atoms with Gasteiger partial charge in [0, 0.05) is 38.3 Å². The van der Waals surface area contributed by atoms with Crippen molar-refractivity contribution in [2.75, 3.05) is 18.0 Å². The zero-order valence-corrected chi connectivity index (χ0v) is 16.3. The van der Waals surface area contributed by atoms with Crippen molar-refractivity contribution in [2.45, 2.75) is 31.8 Å². The summed E-state index contributed by atoms with van der Waals surface area (Å²) in [7, 11) is 0. The van der Waals surface area contributed by atoms with E-state index in [1.165, 1.54) is 12.8 Å². The van der Waals surface area contributed by atoms with Gasteiger partial charge in [0.15, 0.2) is 0 Å². The molecule has 7 heteroatoms. The lowest BCUT2D eigenvalue weighted by atomic mass is 10.0. The fraction of sp³-hybridized carbons (Fsp3) is 0.368. The minimum atomic E-state index is -0.276. The Hall–Kier alpha value is -1.82. The van der Waals surface area contributed by atoms with Crippen molar-refractivity contribution in [3.63, 3.8) is 0 Å². The quantitative estimate of drug-likeness (QED) is 0.785. The van der Waals surface area contributed by atoms with Gasteiger partial charge >= 0.3 is 0 Å². The Morgan fingerprint density at radius 2 is 1.81 bits per heavy atom. The first-order valence-electron chi connectivity index (χ1n) is 8.49. The average Bonchev–Trinajstić information content (AvgIpc) is 3.16. The van der Waals surface area contributed by atoms with Crippen molar-refractivity contribution in [3.8, 4) is 0 Å². The van der Waals surface area contributed by atoms with Crippen molar-refractivity contribution in [2.24, 2.45) is 5.73 Å². The second-order valence-corrected chi connectivity index (χ2v) is 6.22. The van der Waals surface area contributed by atoms with Gasteiger partial charge in [-0.05, 0) is 30.0 Å². The van der Waals surface area contributed by atoms with Crippen molar-refractivity contribution >= 4 is 36.5 Å². The number of hydrogen-bond acceptors (Lipinski definition) is 4. The Bertz CT molecular complexity index is 661. The van der Waals surface area contributed by atoms with Crippen LogP contribution in [-0.2, 0) is 11.3 Å². The van der Waals surface area contributed by atoms with E-state index in [0.29, 0.717) is 6.54 Å². The molecule has 1 saturated heterocycles. The third kappa shape index (κ3) is 6.16. The lowest BCUT2D eigenvalue weighted by Crippen LogP contribution is -2.27. The minimum Gasteiger partial charge on any atom is -0.357 e. The number of carbonyl (C=O) groups excluding carboxylic acids is 1. The number of halogens is 2. The normalized spacial score (nSPS) is 14.1. The first-order valence-corrected chi connectivity index (χ1v) is 8.49. The molecule has 1 aromatic heterocycles. The van der Waals surface area contributed by atoms with Crippen LogP contribution in [0, 0.1) is 0 Å². The Balaban J connectivity index is 0.00000169. The van der Waals surface area contributed by atoms with Crippen LogP contribution < -0.4 is 16.0 Å². The summed E-state index contributed by atoms with van der Waals surface area (Å²) >= 11 is 0. The van der Waals surface area contributed by atoms with Crippen LogP contribution in [0.2, 0.25) is 0 Å². The number of nitrogens with one attached hydrogen (secondary N) is 1. The molecule has 3 N–H and O–H groups in total. The Labute approximate surface area is 167 Å². The first-order chi connectivity index (χ1) is 11.7. The van der Waals surface area contributed by atoms with Crippen LogP contribution in [0.25, 0.3) is 0 Å². The second kappa shape index (κ2) is 11.0. The maximum Gasteiger partial charge on any atom is 0.222 e. The molecule has 1 aromatic carbocycles. The fourth-order valence-electron chi connectivity index (χ4n) is 2.95. The lowest BCUT2D eigenvalue weighted by molar-refractivity contribution is -0.121. The summed E-state index contributed by atoms with van der Waals surface area (Å²) in [5.74, 6) is 0.976. The molecule has 1 aliphatic rings. The summed E-state index contributed by atoms with van der Waals surface area (Å²) in [5, 5.41) is 2.92. The maximum absolute atomic E-state index is 12.1. The Morgan fingerprint density at radius 3 is 2.42 bits per heavy atom. The number of amides is 1. The van der Waals surface area contributed by atoms with Gasteiger partial charge in [-0.2, -0.15) is 0 Å². The highest BCUT2D eigenvalue weighted by Crippen LogP contribution is 2.17. The molecule has 0 spiro atoms. The van der Waals surface area contributed by atoms with Crippen LogP contribution in [0.3, 0.4) is 0 Å². The van der Waals surface area contributed by atoms with Gasteiger partial charge in [-0.25, -0.2) is 4.98 Å². The molecular formula is C19H26Cl2N4O. The van der Waals surface area contributed by atoms with E-state index in [2.05, 4.69) is 15.2 Å². The van der Waals surface area contributed by atoms with Gasteiger partial charge < -0.3 is 16.0 Å². The second-order valence-electron chi connectivity index (χ2n) is 6.22. The molecule has 0 saturated carbocycles. The molecule has 0 aliphatic carbocycles. The predicted molar refractivity (Wildman–Crippen MR) is 110 cm³/mol. The van der Waals surface area contributed by atoms with E-state index in [-0.39, 0.29) is 43.2 Å². The number of anilines is 1. The smallest absolute Gasteiger partial charge is 0.222 e. The lowest BCUT2D eigenvalue weighted by Gasteiger charge is -2.16. The molecule has 2 heterocycles. The topological polar surface area (TPSA) is 71.2 Å². The number of carbonyl (C=O) groups is 1. The molecule has 1 fully saturated rings. The van der Waals surface area contributed by atoms with Gasteiger partial charge in [-0.1, -0.05) is 36.4 Å².